The van der Waals surface area contributed by atoms with Crippen molar-refractivity contribution in [2.75, 3.05) is 9.91 Å². The zero-order chi connectivity index (χ0) is 29.7. The Morgan fingerprint density at radius 3 is 2.07 bits per heavy atom. The number of amidine groups is 1. The third-order valence-electron chi connectivity index (χ3n) is 6.61. The molecule has 0 bridgehead atoms. The summed E-state index contributed by atoms with van der Waals surface area (Å²) in [6.07, 6.45) is 0. The molecule has 0 radical (unpaired) electrons. The lowest BCUT2D eigenvalue weighted by Crippen LogP contribution is -2.36. The number of benzene rings is 4. The predicted octanol–water partition coefficient (Wildman–Crippen LogP) is 8.15. The Balaban J connectivity index is 1.44. The first-order valence-corrected chi connectivity index (χ1v) is 14.9. The number of hydrogen-bond acceptors (Lipinski definition) is 5. The summed E-state index contributed by atoms with van der Waals surface area (Å²) in [7, 11) is 0. The number of carbonyl (C=O) groups is 3. The molecule has 2 heterocycles. The van der Waals surface area contributed by atoms with Crippen molar-refractivity contribution in [3.05, 3.63) is 116 Å². The summed E-state index contributed by atoms with van der Waals surface area (Å²) in [5.74, 6) is -1.08. The van der Waals surface area contributed by atoms with Crippen LogP contribution in [-0.4, -0.2) is 28.8 Å². The number of halogens is 4. The van der Waals surface area contributed by atoms with Gasteiger partial charge in [0, 0.05) is 9.92 Å². The molecule has 42 heavy (non-hydrogen) atoms. The Bertz CT molecular complexity index is 1790. The lowest BCUT2D eigenvalue weighted by molar-refractivity contribution is -0.116. The highest BCUT2D eigenvalue weighted by Crippen LogP contribution is 2.42. The maximum absolute atomic E-state index is 14.0. The Hall–Kier alpha value is -3.53. The average molecular weight is 656 g/mol. The number of aryl methyl sites for hydroxylation is 1. The van der Waals surface area contributed by atoms with Crippen LogP contribution in [0.15, 0.2) is 88.8 Å². The molecule has 0 aromatic heterocycles. The van der Waals surface area contributed by atoms with Crippen LogP contribution < -0.4 is 15.3 Å². The largest absolute Gasteiger partial charge is 0.276 e. The minimum absolute atomic E-state index is 0.151. The van der Waals surface area contributed by atoms with Crippen molar-refractivity contribution < 1.29 is 14.4 Å². The van der Waals surface area contributed by atoms with Crippen LogP contribution in [0.25, 0.3) is 0 Å². The number of hydrogen-bond donors (Lipinski definition) is 1. The first kappa shape index (κ1) is 28.6. The molecular formula is C30H18Cl4N4O3S. The van der Waals surface area contributed by atoms with Crippen LogP contribution in [0.1, 0.15) is 26.3 Å². The van der Waals surface area contributed by atoms with Gasteiger partial charge in [0.2, 0.25) is 0 Å². The van der Waals surface area contributed by atoms with Gasteiger partial charge >= 0.3 is 0 Å². The van der Waals surface area contributed by atoms with E-state index in [4.69, 9.17) is 51.4 Å². The third-order valence-corrected chi connectivity index (χ3v) is 8.99. The number of imide groups is 1. The predicted molar refractivity (Wildman–Crippen MR) is 169 cm³/mol. The Morgan fingerprint density at radius 1 is 0.786 bits per heavy atom. The topological polar surface area (TPSA) is 82.1 Å². The van der Waals surface area contributed by atoms with Crippen molar-refractivity contribution in [1.82, 2.24) is 5.43 Å². The SMILES string of the molecule is Cc1ccc(Cl)c(N=C2NN(c3c(Cl)cc(Cl)cc3Cl)C(=O)C2Sc2ccccc2N2C(=O)c3ccccc3C2=O)c1. The molecule has 1 atom stereocenters. The van der Waals surface area contributed by atoms with Gasteiger partial charge in [0.05, 0.1) is 37.6 Å². The summed E-state index contributed by atoms with van der Waals surface area (Å²) in [6, 6.07) is 21.8. The number of hydrazine groups is 1. The molecule has 1 unspecified atom stereocenters. The van der Waals surface area contributed by atoms with Crippen LogP contribution in [0.2, 0.25) is 20.1 Å². The lowest BCUT2D eigenvalue weighted by Gasteiger charge is -2.20. The standard InChI is InChI=1S/C30H18Cl4N4O3S/c1-15-10-11-19(32)22(12-15)35-27-26(30(41)38(36-27)25-20(33)13-16(31)14-21(25)34)42-24-9-5-4-8-23(24)37-28(39)17-6-2-3-7-18(17)29(37)40/h2-14,26H,1H3,(H,35,36). The summed E-state index contributed by atoms with van der Waals surface area (Å²) in [5.41, 5.74) is 5.58. The maximum atomic E-state index is 14.0. The van der Waals surface area contributed by atoms with E-state index in [9.17, 15) is 14.4 Å². The fourth-order valence-electron chi connectivity index (χ4n) is 4.68. The van der Waals surface area contributed by atoms with Crippen molar-refractivity contribution in [2.45, 2.75) is 17.1 Å². The molecule has 1 saturated heterocycles. The monoisotopic (exact) mass is 654 g/mol. The molecular weight excluding hydrogens is 638 g/mol. The van der Waals surface area contributed by atoms with Crippen molar-refractivity contribution in [2.24, 2.45) is 4.99 Å². The number of anilines is 2. The molecule has 0 saturated carbocycles. The highest BCUT2D eigenvalue weighted by Gasteiger charge is 2.43. The van der Waals surface area contributed by atoms with E-state index in [2.05, 4.69) is 5.43 Å². The first-order chi connectivity index (χ1) is 20.1. The van der Waals surface area contributed by atoms with Crippen molar-refractivity contribution in [3.63, 3.8) is 0 Å². The molecule has 2 aliphatic rings. The Morgan fingerprint density at radius 2 is 1.40 bits per heavy atom. The van der Waals surface area contributed by atoms with Gasteiger partial charge in [-0.2, -0.15) is 0 Å². The molecule has 3 amide bonds. The number of para-hydroxylation sites is 1. The molecule has 210 valence electrons. The molecule has 7 nitrogen and oxygen atoms in total. The van der Waals surface area contributed by atoms with Crippen LogP contribution >= 0.6 is 58.2 Å². The molecule has 2 aliphatic heterocycles. The maximum Gasteiger partial charge on any atom is 0.267 e. The zero-order valence-corrected chi connectivity index (χ0v) is 25.4. The van der Waals surface area contributed by atoms with Gasteiger partial charge in [0.1, 0.15) is 16.8 Å². The van der Waals surface area contributed by atoms with Crippen LogP contribution in [-0.2, 0) is 4.79 Å². The number of nitrogens with zero attached hydrogens (tertiary/aromatic N) is 3. The summed E-state index contributed by atoms with van der Waals surface area (Å²) in [6.45, 7) is 1.90. The number of fused-ring (bicyclic) bond motifs is 1. The van der Waals surface area contributed by atoms with Gasteiger partial charge in [-0.25, -0.2) is 14.9 Å². The highest BCUT2D eigenvalue weighted by molar-refractivity contribution is 8.01. The van der Waals surface area contributed by atoms with Gasteiger partial charge < -0.3 is 0 Å². The van der Waals surface area contributed by atoms with E-state index in [1.54, 1.807) is 60.7 Å². The van der Waals surface area contributed by atoms with Gasteiger partial charge in [-0.1, -0.05) is 76.7 Å². The molecule has 6 rings (SSSR count). The molecule has 12 heteroatoms. The smallest absolute Gasteiger partial charge is 0.267 e. The fraction of sp³-hybridized carbons (Fsp3) is 0.0667. The molecule has 4 aromatic carbocycles. The fourth-order valence-corrected chi connectivity index (χ4v) is 6.94. The van der Waals surface area contributed by atoms with E-state index in [0.717, 1.165) is 22.2 Å². The number of amides is 3. The third kappa shape index (κ3) is 5.03. The quantitative estimate of drug-likeness (QED) is 0.220. The molecule has 0 aliphatic carbocycles. The van der Waals surface area contributed by atoms with Crippen LogP contribution in [0, 0.1) is 6.92 Å². The Labute approximate surface area is 265 Å². The van der Waals surface area contributed by atoms with Crippen LogP contribution in [0.3, 0.4) is 0 Å². The van der Waals surface area contributed by atoms with Crippen molar-refractivity contribution in [1.29, 1.82) is 0 Å². The lowest BCUT2D eigenvalue weighted by atomic mass is 10.1. The summed E-state index contributed by atoms with van der Waals surface area (Å²) in [4.78, 5) is 47.0. The minimum atomic E-state index is -0.958. The highest BCUT2D eigenvalue weighted by atomic mass is 35.5. The second kappa shape index (κ2) is 11.3. The zero-order valence-electron chi connectivity index (χ0n) is 21.6. The van der Waals surface area contributed by atoms with E-state index in [0.29, 0.717) is 37.4 Å². The van der Waals surface area contributed by atoms with E-state index in [-0.39, 0.29) is 21.6 Å². The van der Waals surface area contributed by atoms with Crippen LogP contribution in [0.4, 0.5) is 17.1 Å². The molecule has 0 spiro atoms. The second-order valence-electron chi connectivity index (χ2n) is 9.41. The summed E-state index contributed by atoms with van der Waals surface area (Å²) in [5, 5.41) is 1.25. The van der Waals surface area contributed by atoms with Crippen molar-refractivity contribution >= 4 is 98.8 Å². The van der Waals surface area contributed by atoms with E-state index in [1.165, 1.54) is 17.1 Å². The molecule has 1 N–H and O–H groups in total. The van der Waals surface area contributed by atoms with Gasteiger partial charge in [0.25, 0.3) is 17.7 Å². The van der Waals surface area contributed by atoms with Crippen molar-refractivity contribution in [3.8, 4) is 0 Å². The number of thioether (sulfide) groups is 1. The Kier molecular flexibility index (Phi) is 7.68. The number of nitrogens with one attached hydrogen (secondary N) is 1. The minimum Gasteiger partial charge on any atom is -0.276 e. The molecule has 4 aromatic rings. The van der Waals surface area contributed by atoms with E-state index < -0.39 is 23.0 Å². The van der Waals surface area contributed by atoms with Gasteiger partial charge in [0.15, 0.2) is 0 Å². The van der Waals surface area contributed by atoms with Crippen LogP contribution in [0.5, 0.6) is 0 Å². The average Bonchev–Trinajstić information content (AvgIpc) is 3.38. The number of aliphatic imine (C=N–C) groups is 1. The summed E-state index contributed by atoms with van der Waals surface area (Å²) < 4.78 is 0. The second-order valence-corrected chi connectivity index (χ2v) is 12.2. The number of carbonyl (C=O) groups excluding carboxylic acids is 3. The van der Waals surface area contributed by atoms with E-state index >= 15 is 0 Å². The van der Waals surface area contributed by atoms with Gasteiger partial charge in [-0.05, 0) is 61.0 Å². The van der Waals surface area contributed by atoms with Gasteiger partial charge in [-0.3, -0.25) is 19.8 Å². The first-order valence-electron chi connectivity index (χ1n) is 12.5. The molecule has 1 fully saturated rings. The van der Waals surface area contributed by atoms with E-state index in [1.807, 2.05) is 13.0 Å². The summed E-state index contributed by atoms with van der Waals surface area (Å²) >= 11 is 26.6. The number of rotatable bonds is 5. The normalized spacial score (nSPS) is 17.3. The van der Waals surface area contributed by atoms with Gasteiger partial charge in [-0.15, -0.1) is 11.8 Å².